The minimum atomic E-state index is 0. The highest BCUT2D eigenvalue weighted by Gasteiger charge is 2.09. The van der Waals surface area contributed by atoms with Crippen molar-refractivity contribution in [1.29, 1.82) is 0 Å². The summed E-state index contributed by atoms with van der Waals surface area (Å²) in [6.07, 6.45) is 0. The number of rotatable bonds is 1. The highest BCUT2D eigenvalue weighted by Crippen LogP contribution is 2.33. The van der Waals surface area contributed by atoms with Crippen LogP contribution in [0.1, 0.15) is 33.4 Å². The maximum Gasteiger partial charge on any atom is 0.0207 e. The van der Waals surface area contributed by atoms with Gasteiger partial charge in [-0.1, -0.05) is 75.9 Å². The molecule has 0 N–H and O–H groups in total. The second-order valence-corrected chi connectivity index (χ2v) is 10.6. The zero-order chi connectivity index (χ0) is 23.2. The van der Waals surface area contributed by atoms with Gasteiger partial charge in [-0.05, 0) is 110 Å². The van der Waals surface area contributed by atoms with E-state index in [2.05, 4.69) is 164 Å². The van der Waals surface area contributed by atoms with Crippen molar-refractivity contribution < 1.29 is 0 Å². The first kappa shape index (κ1) is 31.4. The van der Waals surface area contributed by atoms with Crippen molar-refractivity contribution in [2.45, 2.75) is 41.5 Å². The Hall–Kier alpha value is 0.370. The van der Waals surface area contributed by atoms with E-state index in [4.69, 9.17) is 0 Å². The van der Waals surface area contributed by atoms with Crippen LogP contribution in [-0.2, 0) is 22.4 Å². The fourth-order valence-electron chi connectivity index (χ4n) is 2.89. The second kappa shape index (κ2) is 14.6. The molecule has 0 aliphatic carbocycles. The van der Waals surface area contributed by atoms with Crippen LogP contribution in [0.5, 0.6) is 0 Å². The van der Waals surface area contributed by atoms with Gasteiger partial charge in [0, 0.05) is 40.3 Å². The van der Waals surface area contributed by atoms with E-state index in [1.54, 1.807) is 0 Å². The van der Waals surface area contributed by atoms with Crippen LogP contribution in [0.4, 0.5) is 0 Å². The van der Waals surface area contributed by atoms with Gasteiger partial charge < -0.3 is 0 Å². The fourth-order valence-corrected chi connectivity index (χ4v) is 4.72. The van der Waals surface area contributed by atoms with Crippen molar-refractivity contribution in [3.63, 3.8) is 0 Å². The van der Waals surface area contributed by atoms with E-state index in [0.717, 1.165) is 0 Å². The van der Waals surface area contributed by atoms with E-state index < -0.39 is 0 Å². The molecule has 0 aromatic heterocycles. The lowest BCUT2D eigenvalue weighted by molar-refractivity contribution is 1.32. The molecule has 0 bridgehead atoms. The molecule has 0 radical (unpaired) electrons. The van der Waals surface area contributed by atoms with Gasteiger partial charge in [-0.25, -0.2) is 0 Å². The Labute approximate surface area is 237 Å². The minimum Gasteiger partial charge on any atom is -0.197 e. The van der Waals surface area contributed by atoms with E-state index in [1.807, 2.05) is 0 Å². The smallest absolute Gasteiger partial charge is 0.0207 e. The van der Waals surface area contributed by atoms with Gasteiger partial charge in [-0.2, -0.15) is 13.5 Å². The average Bonchev–Trinajstić information content (AvgIpc) is 2.68. The molecule has 7 heteroatoms. The summed E-state index contributed by atoms with van der Waals surface area (Å²) in [4.78, 5) is 0. The van der Waals surface area contributed by atoms with Gasteiger partial charge in [0.25, 0.3) is 0 Å². The SMILES string of the molecule is Cc1cc(-c2cc(C)c(Br)cc2C)c(C)cc1Br.Cc1cc(Br)c(C)cc1Br.S.S=S. The van der Waals surface area contributed by atoms with Gasteiger partial charge in [0.15, 0.2) is 0 Å². The Bertz CT molecular complexity index is 944. The quantitative estimate of drug-likeness (QED) is 0.245. The lowest BCUT2D eigenvalue weighted by Gasteiger charge is -2.13. The zero-order valence-corrected chi connectivity index (χ0v) is 27.3. The molecule has 0 saturated carbocycles. The number of hydrogen-bond donors (Lipinski definition) is 0. The molecule has 3 rings (SSSR count). The van der Waals surface area contributed by atoms with Gasteiger partial charge in [0.1, 0.15) is 0 Å². The molecule has 0 spiro atoms. The Morgan fingerprint density at radius 3 is 0.871 bits per heavy atom. The van der Waals surface area contributed by atoms with Crippen molar-refractivity contribution in [2.24, 2.45) is 0 Å². The highest BCUT2D eigenvalue weighted by molar-refractivity contribution is 9.11. The third-order valence-corrected chi connectivity index (χ3v) is 8.16. The Morgan fingerprint density at radius 2 is 0.613 bits per heavy atom. The van der Waals surface area contributed by atoms with Crippen LogP contribution in [0, 0.1) is 41.5 Å². The summed E-state index contributed by atoms with van der Waals surface area (Å²) in [7, 11) is 0. The monoisotopic (exact) mass is 726 g/mol. The largest absolute Gasteiger partial charge is 0.197 e. The van der Waals surface area contributed by atoms with Gasteiger partial charge in [0.05, 0.1) is 0 Å². The predicted molar refractivity (Wildman–Crippen MR) is 163 cm³/mol. The summed E-state index contributed by atoms with van der Waals surface area (Å²) in [6.45, 7) is 12.7. The van der Waals surface area contributed by atoms with E-state index >= 15 is 0 Å². The number of aryl methyl sites for hydroxylation is 6. The van der Waals surface area contributed by atoms with Crippen LogP contribution >= 0.6 is 77.2 Å². The minimum absolute atomic E-state index is 0. The summed E-state index contributed by atoms with van der Waals surface area (Å²) in [6, 6.07) is 13.1. The molecule has 0 nitrogen and oxygen atoms in total. The summed E-state index contributed by atoms with van der Waals surface area (Å²) < 4.78 is 4.70. The standard InChI is InChI=1S/C16H16Br2.C8H8Br2.S2.H2S/c1-9-7-15(17)11(3)5-13(9)14-6-12(4)16(18)8-10(14)2;1-5-3-8(10)6(2)4-7(5)9;1-2;/h5-8H,1-4H3;3-4H,1-2H3;;1H2. The fraction of sp³-hybridized carbons (Fsp3) is 0.250. The van der Waals surface area contributed by atoms with E-state index in [9.17, 15) is 0 Å². The maximum atomic E-state index is 3.67. The first-order chi connectivity index (χ1) is 14.0. The van der Waals surface area contributed by atoms with Crippen LogP contribution in [0.25, 0.3) is 11.1 Å². The summed E-state index contributed by atoms with van der Waals surface area (Å²) in [5.41, 5.74) is 10.3. The Balaban J connectivity index is 0.000000592. The first-order valence-electron chi connectivity index (χ1n) is 9.14. The molecule has 0 atom stereocenters. The van der Waals surface area contributed by atoms with Crippen molar-refractivity contribution in [3.8, 4) is 11.1 Å². The molecule has 0 heterocycles. The maximum absolute atomic E-state index is 3.67. The van der Waals surface area contributed by atoms with Gasteiger partial charge in [0.2, 0.25) is 0 Å². The lowest BCUT2D eigenvalue weighted by Crippen LogP contribution is -1.91. The summed E-state index contributed by atoms with van der Waals surface area (Å²) >= 11 is 21.4. The molecule has 3 aromatic rings. The number of halogens is 4. The van der Waals surface area contributed by atoms with E-state index in [1.165, 1.54) is 62.4 Å². The molecule has 0 unspecified atom stereocenters. The topological polar surface area (TPSA) is 0 Å². The molecular weight excluding hydrogens is 704 g/mol. The van der Waals surface area contributed by atoms with Gasteiger partial charge >= 0.3 is 0 Å². The van der Waals surface area contributed by atoms with Gasteiger partial charge in [-0.3, -0.25) is 0 Å². The van der Waals surface area contributed by atoms with Crippen LogP contribution in [0.2, 0.25) is 0 Å². The van der Waals surface area contributed by atoms with Crippen molar-refractivity contribution in [3.05, 3.63) is 87.7 Å². The van der Waals surface area contributed by atoms with E-state index in [-0.39, 0.29) is 13.5 Å². The number of hydrogen-bond acceptors (Lipinski definition) is 2. The average molecular weight is 730 g/mol. The predicted octanol–water partition coefficient (Wildman–Crippen LogP) is 10.0. The molecule has 0 aliphatic heterocycles. The third kappa shape index (κ3) is 8.91. The molecule has 0 fully saturated rings. The molecule has 3 aromatic carbocycles. The molecular formula is C24H26Br4S3. The highest BCUT2D eigenvalue weighted by atomic mass is 79.9. The molecule has 0 amide bonds. The molecule has 31 heavy (non-hydrogen) atoms. The normalized spacial score (nSPS) is 9.61. The molecule has 168 valence electrons. The zero-order valence-electron chi connectivity index (χ0n) is 18.3. The third-order valence-electron chi connectivity index (χ3n) is 4.74. The molecule has 0 saturated heterocycles. The molecule has 0 aliphatic rings. The summed E-state index contributed by atoms with van der Waals surface area (Å²) in [5, 5.41) is 0. The van der Waals surface area contributed by atoms with Crippen LogP contribution in [0.3, 0.4) is 0 Å². The Morgan fingerprint density at radius 1 is 0.419 bits per heavy atom. The van der Waals surface area contributed by atoms with Crippen molar-refractivity contribution in [1.82, 2.24) is 0 Å². The van der Waals surface area contributed by atoms with Gasteiger partial charge in [-0.15, -0.1) is 0 Å². The van der Waals surface area contributed by atoms with Crippen LogP contribution in [-0.4, -0.2) is 0 Å². The van der Waals surface area contributed by atoms with Crippen molar-refractivity contribution >= 4 is 99.6 Å². The van der Waals surface area contributed by atoms with Crippen molar-refractivity contribution in [2.75, 3.05) is 0 Å². The van der Waals surface area contributed by atoms with E-state index in [0.29, 0.717) is 0 Å². The first-order valence-corrected chi connectivity index (χ1v) is 13.6. The summed E-state index contributed by atoms with van der Waals surface area (Å²) in [5.74, 6) is 0. The second-order valence-electron chi connectivity index (χ2n) is 7.18. The van der Waals surface area contributed by atoms with Crippen LogP contribution in [0.15, 0.2) is 54.3 Å². The number of benzene rings is 3. The van der Waals surface area contributed by atoms with Crippen LogP contribution < -0.4 is 0 Å². The Kier molecular flexibility index (Phi) is 14.8. The lowest BCUT2D eigenvalue weighted by atomic mass is 9.94.